The molecule has 3 amide bonds. The number of carbonyl (C=O) groups excluding carboxylic acids is 2. The van der Waals surface area contributed by atoms with Gasteiger partial charge in [0.2, 0.25) is 0 Å². The maximum absolute atomic E-state index is 12.9. The van der Waals surface area contributed by atoms with Crippen LogP contribution in [-0.4, -0.2) is 19.0 Å². The summed E-state index contributed by atoms with van der Waals surface area (Å²) in [5, 5.41) is 5.59. The highest BCUT2D eigenvalue weighted by atomic mass is 35.5. The Labute approximate surface area is 217 Å². The highest BCUT2D eigenvalue weighted by Gasteiger charge is 2.35. The quantitative estimate of drug-likeness (QED) is 0.224. The van der Waals surface area contributed by atoms with Crippen molar-refractivity contribution >= 4 is 57.7 Å². The molecule has 0 unspecified atom stereocenters. The molecule has 4 aromatic rings. The van der Waals surface area contributed by atoms with E-state index in [1.54, 1.807) is 36.4 Å². The van der Waals surface area contributed by atoms with Gasteiger partial charge >= 0.3 is 6.03 Å². The van der Waals surface area contributed by atoms with E-state index in [0.29, 0.717) is 39.4 Å². The molecule has 1 heterocycles. The molecule has 1 aliphatic heterocycles. The Bertz CT molecular complexity index is 1530. The zero-order valence-electron chi connectivity index (χ0n) is 19.1. The third-order valence-corrected chi connectivity index (χ3v) is 6.22. The predicted molar refractivity (Wildman–Crippen MR) is 142 cm³/mol. The van der Waals surface area contributed by atoms with Crippen molar-refractivity contribution in [2.24, 2.45) is 0 Å². The Balaban J connectivity index is 1.38. The van der Waals surface area contributed by atoms with E-state index >= 15 is 0 Å². The summed E-state index contributed by atoms with van der Waals surface area (Å²) in [6, 6.07) is 23.5. The van der Waals surface area contributed by atoms with Crippen molar-refractivity contribution < 1.29 is 19.1 Å². The number of ether oxygens (including phenoxy) is 2. The number of hydrogen-bond donors (Lipinski definition) is 1. The van der Waals surface area contributed by atoms with Crippen LogP contribution in [0, 0.1) is 0 Å². The van der Waals surface area contributed by atoms with E-state index in [4.69, 9.17) is 32.7 Å². The van der Waals surface area contributed by atoms with E-state index in [2.05, 4.69) is 17.4 Å². The molecule has 1 aliphatic rings. The zero-order valence-corrected chi connectivity index (χ0v) is 20.6. The summed E-state index contributed by atoms with van der Waals surface area (Å²) in [6.45, 7) is 0.296. The lowest BCUT2D eigenvalue weighted by atomic mass is 10.1. The molecule has 1 saturated heterocycles. The SMILES string of the molecule is COc1cc(/C=C2/NC(=O)N(c3cccc(Cl)c3)C2=O)cc(Cl)c1OCc1ccc2ccccc2c1. The summed E-state index contributed by atoms with van der Waals surface area (Å²) in [4.78, 5) is 26.4. The molecule has 0 radical (unpaired) electrons. The average molecular weight is 519 g/mol. The van der Waals surface area contributed by atoms with Crippen molar-refractivity contribution in [1.82, 2.24) is 5.32 Å². The Morgan fingerprint density at radius 3 is 2.50 bits per heavy atom. The number of halogens is 2. The van der Waals surface area contributed by atoms with Crippen LogP contribution in [-0.2, 0) is 11.4 Å². The van der Waals surface area contributed by atoms with Crippen molar-refractivity contribution in [3.05, 3.63) is 106 Å². The maximum atomic E-state index is 12.9. The number of methoxy groups -OCH3 is 1. The van der Waals surface area contributed by atoms with E-state index < -0.39 is 11.9 Å². The lowest BCUT2D eigenvalue weighted by molar-refractivity contribution is -0.113. The average Bonchev–Trinajstić information content (AvgIpc) is 3.15. The van der Waals surface area contributed by atoms with Gasteiger partial charge in [-0.1, -0.05) is 65.7 Å². The van der Waals surface area contributed by atoms with Gasteiger partial charge < -0.3 is 14.8 Å². The number of imide groups is 1. The minimum absolute atomic E-state index is 0.0999. The van der Waals surface area contributed by atoms with Gasteiger partial charge in [0.15, 0.2) is 11.5 Å². The van der Waals surface area contributed by atoms with Gasteiger partial charge in [0.05, 0.1) is 17.8 Å². The number of carbonyl (C=O) groups is 2. The van der Waals surface area contributed by atoms with Crippen molar-refractivity contribution in [1.29, 1.82) is 0 Å². The largest absolute Gasteiger partial charge is 0.493 e. The smallest absolute Gasteiger partial charge is 0.333 e. The maximum Gasteiger partial charge on any atom is 0.333 e. The molecule has 5 rings (SSSR count). The van der Waals surface area contributed by atoms with E-state index in [1.165, 1.54) is 13.2 Å². The van der Waals surface area contributed by atoms with Crippen LogP contribution in [0.1, 0.15) is 11.1 Å². The second kappa shape index (κ2) is 9.93. The highest BCUT2D eigenvalue weighted by Crippen LogP contribution is 2.38. The normalized spacial score (nSPS) is 14.4. The Hall–Kier alpha value is -4.00. The van der Waals surface area contributed by atoms with Gasteiger partial charge in [-0.15, -0.1) is 0 Å². The van der Waals surface area contributed by atoms with Crippen LogP contribution in [0.3, 0.4) is 0 Å². The third-order valence-electron chi connectivity index (χ3n) is 5.70. The summed E-state index contributed by atoms with van der Waals surface area (Å²) in [6.07, 6.45) is 1.53. The topological polar surface area (TPSA) is 67.9 Å². The van der Waals surface area contributed by atoms with Crippen molar-refractivity contribution in [3.63, 3.8) is 0 Å². The van der Waals surface area contributed by atoms with Crippen LogP contribution in [0.4, 0.5) is 10.5 Å². The first-order chi connectivity index (χ1) is 17.4. The standard InChI is InChI=1S/C28H20Cl2N2O4/c1-35-25-14-18(13-24-27(33)32(28(34)31-24)22-8-4-7-21(29)15-22)12-23(30)26(25)36-16-17-9-10-19-5-2-3-6-20(19)11-17/h2-15H,16H2,1H3,(H,31,34)/b24-13+. The summed E-state index contributed by atoms with van der Waals surface area (Å²) >= 11 is 12.6. The molecule has 0 aliphatic carbocycles. The van der Waals surface area contributed by atoms with E-state index in [-0.39, 0.29) is 5.70 Å². The first-order valence-corrected chi connectivity index (χ1v) is 11.8. The number of rotatable bonds is 6. The molecule has 4 aromatic carbocycles. The molecule has 8 heteroatoms. The molecule has 36 heavy (non-hydrogen) atoms. The molecule has 0 spiro atoms. The monoisotopic (exact) mass is 518 g/mol. The van der Waals surface area contributed by atoms with Gasteiger partial charge in [0, 0.05) is 5.02 Å². The minimum atomic E-state index is -0.568. The molecule has 0 atom stereocenters. The van der Waals surface area contributed by atoms with Gasteiger partial charge in [-0.25, -0.2) is 9.69 Å². The number of hydrogen-bond acceptors (Lipinski definition) is 4. The molecule has 0 aromatic heterocycles. The van der Waals surface area contributed by atoms with E-state index in [9.17, 15) is 9.59 Å². The summed E-state index contributed by atoms with van der Waals surface area (Å²) < 4.78 is 11.5. The van der Waals surface area contributed by atoms with Crippen LogP contribution in [0.5, 0.6) is 11.5 Å². The van der Waals surface area contributed by atoms with Gasteiger partial charge in [0.25, 0.3) is 5.91 Å². The molecule has 1 fully saturated rings. The van der Waals surface area contributed by atoms with Crippen LogP contribution in [0.2, 0.25) is 10.0 Å². The number of anilines is 1. The van der Waals surface area contributed by atoms with Crippen molar-refractivity contribution in [2.75, 3.05) is 12.0 Å². The Morgan fingerprint density at radius 1 is 0.917 bits per heavy atom. The van der Waals surface area contributed by atoms with E-state index in [1.807, 2.05) is 30.3 Å². The molecule has 0 saturated carbocycles. The second-order valence-corrected chi connectivity index (χ2v) is 8.96. The first kappa shape index (κ1) is 23.7. The highest BCUT2D eigenvalue weighted by molar-refractivity contribution is 6.33. The fourth-order valence-corrected chi connectivity index (χ4v) is 4.46. The fourth-order valence-electron chi connectivity index (χ4n) is 4.00. The van der Waals surface area contributed by atoms with Crippen LogP contribution >= 0.6 is 23.2 Å². The number of nitrogens with zero attached hydrogens (tertiary/aromatic N) is 1. The van der Waals surface area contributed by atoms with Crippen LogP contribution in [0.25, 0.3) is 16.8 Å². The Morgan fingerprint density at radius 2 is 1.72 bits per heavy atom. The fraction of sp³-hybridized carbons (Fsp3) is 0.0714. The molecular formula is C28H20Cl2N2O4. The van der Waals surface area contributed by atoms with Crippen molar-refractivity contribution in [3.8, 4) is 11.5 Å². The number of nitrogens with one attached hydrogen (secondary N) is 1. The molecule has 0 bridgehead atoms. The van der Waals surface area contributed by atoms with E-state index in [0.717, 1.165) is 21.2 Å². The minimum Gasteiger partial charge on any atom is -0.493 e. The van der Waals surface area contributed by atoms with Gasteiger partial charge in [-0.2, -0.15) is 0 Å². The summed E-state index contributed by atoms with van der Waals surface area (Å²) in [5.41, 5.74) is 2.02. The summed E-state index contributed by atoms with van der Waals surface area (Å²) in [7, 11) is 1.51. The zero-order chi connectivity index (χ0) is 25.2. The number of urea groups is 1. The number of fused-ring (bicyclic) bond motifs is 1. The van der Waals surface area contributed by atoms with Gasteiger partial charge in [-0.05, 0) is 64.4 Å². The predicted octanol–water partition coefficient (Wildman–Crippen LogP) is 6.83. The second-order valence-electron chi connectivity index (χ2n) is 8.11. The Kier molecular flexibility index (Phi) is 6.55. The molecule has 180 valence electrons. The lowest BCUT2D eigenvalue weighted by Gasteiger charge is -2.14. The third kappa shape index (κ3) is 4.73. The van der Waals surface area contributed by atoms with Crippen molar-refractivity contribution in [2.45, 2.75) is 6.61 Å². The van der Waals surface area contributed by atoms with Crippen LogP contribution < -0.4 is 19.7 Å². The lowest BCUT2D eigenvalue weighted by Crippen LogP contribution is -2.30. The van der Waals surface area contributed by atoms with Gasteiger partial charge in [-0.3, -0.25) is 4.79 Å². The first-order valence-electron chi connectivity index (χ1n) is 11.0. The molecule has 6 nitrogen and oxygen atoms in total. The number of amides is 3. The van der Waals surface area contributed by atoms with Gasteiger partial charge in [0.1, 0.15) is 12.3 Å². The number of benzene rings is 4. The summed E-state index contributed by atoms with van der Waals surface area (Å²) in [5.74, 6) is 0.282. The molecule has 1 N–H and O–H groups in total. The molecular weight excluding hydrogens is 499 g/mol. The van der Waals surface area contributed by atoms with Crippen LogP contribution in [0.15, 0.2) is 84.6 Å².